The van der Waals surface area contributed by atoms with E-state index in [4.69, 9.17) is 5.73 Å². The summed E-state index contributed by atoms with van der Waals surface area (Å²) < 4.78 is 0. The molecule has 0 fully saturated rings. The van der Waals surface area contributed by atoms with Gasteiger partial charge in [0.25, 0.3) is 0 Å². The number of hydrogen-bond donors (Lipinski definition) is 2. The molecule has 3 N–H and O–H groups in total. The molecule has 0 bridgehead atoms. The molecular formula is C13H21N3. The van der Waals surface area contributed by atoms with E-state index in [1.165, 1.54) is 0 Å². The largest absolute Gasteiger partial charge is 0.370 e. The van der Waals surface area contributed by atoms with Crippen LogP contribution in [0.25, 0.3) is 0 Å². The molecular weight excluding hydrogens is 198 g/mol. The second-order valence-electron chi connectivity index (χ2n) is 3.90. The van der Waals surface area contributed by atoms with Gasteiger partial charge in [0.05, 0.1) is 0 Å². The first-order valence-electron chi connectivity index (χ1n) is 5.88. The van der Waals surface area contributed by atoms with Gasteiger partial charge in [-0.3, -0.25) is 4.99 Å². The molecule has 0 heterocycles. The number of nitrogens with two attached hydrogens (primary N) is 1. The molecule has 1 rings (SSSR count). The van der Waals surface area contributed by atoms with Crippen LogP contribution in [0.15, 0.2) is 35.3 Å². The van der Waals surface area contributed by atoms with Gasteiger partial charge in [-0.15, -0.1) is 0 Å². The van der Waals surface area contributed by atoms with Crippen molar-refractivity contribution in [1.29, 1.82) is 0 Å². The van der Waals surface area contributed by atoms with E-state index in [0.29, 0.717) is 11.9 Å². The summed E-state index contributed by atoms with van der Waals surface area (Å²) in [5.74, 6) is 1.13. The van der Waals surface area contributed by atoms with Gasteiger partial charge < -0.3 is 11.1 Å². The molecule has 1 aromatic carbocycles. The summed E-state index contributed by atoms with van der Waals surface area (Å²) >= 11 is 0. The number of rotatable bonds is 5. The number of benzene rings is 1. The van der Waals surface area contributed by atoms with Gasteiger partial charge >= 0.3 is 0 Å². The molecule has 1 aromatic rings. The van der Waals surface area contributed by atoms with Gasteiger partial charge in [0.15, 0.2) is 5.96 Å². The van der Waals surface area contributed by atoms with Crippen LogP contribution in [-0.4, -0.2) is 12.5 Å². The van der Waals surface area contributed by atoms with Crippen LogP contribution in [0.3, 0.4) is 0 Å². The van der Waals surface area contributed by atoms with E-state index in [2.05, 4.69) is 24.2 Å². The monoisotopic (exact) mass is 219 g/mol. The molecule has 0 aliphatic carbocycles. The van der Waals surface area contributed by atoms with E-state index in [0.717, 1.165) is 25.1 Å². The van der Waals surface area contributed by atoms with Gasteiger partial charge in [0, 0.05) is 12.2 Å². The van der Waals surface area contributed by atoms with E-state index in [-0.39, 0.29) is 0 Å². The molecule has 0 spiro atoms. The molecule has 3 heteroatoms. The van der Waals surface area contributed by atoms with Crippen LogP contribution in [0, 0.1) is 5.92 Å². The number of anilines is 1. The van der Waals surface area contributed by atoms with Crippen LogP contribution in [0.1, 0.15) is 26.7 Å². The maximum Gasteiger partial charge on any atom is 0.193 e. The van der Waals surface area contributed by atoms with Gasteiger partial charge in [-0.25, -0.2) is 0 Å². The maximum absolute atomic E-state index is 5.80. The van der Waals surface area contributed by atoms with Crippen molar-refractivity contribution in [2.24, 2.45) is 16.6 Å². The van der Waals surface area contributed by atoms with Crippen LogP contribution in [0.4, 0.5) is 5.69 Å². The summed E-state index contributed by atoms with van der Waals surface area (Å²) in [6, 6.07) is 9.86. The van der Waals surface area contributed by atoms with Gasteiger partial charge in [0.2, 0.25) is 0 Å². The van der Waals surface area contributed by atoms with Gasteiger partial charge in [-0.2, -0.15) is 0 Å². The second-order valence-corrected chi connectivity index (χ2v) is 3.90. The van der Waals surface area contributed by atoms with Crippen molar-refractivity contribution >= 4 is 11.6 Å². The van der Waals surface area contributed by atoms with Crippen molar-refractivity contribution in [3.05, 3.63) is 30.3 Å². The molecule has 0 saturated carbocycles. The highest BCUT2D eigenvalue weighted by molar-refractivity contribution is 5.92. The average Bonchev–Trinajstić information content (AvgIpc) is 2.31. The smallest absolute Gasteiger partial charge is 0.193 e. The third kappa shape index (κ3) is 4.34. The van der Waals surface area contributed by atoms with Crippen molar-refractivity contribution in [3.63, 3.8) is 0 Å². The first-order valence-corrected chi connectivity index (χ1v) is 5.88. The SMILES string of the molecule is CCC(CC)CN=C(N)Nc1ccccc1. The Labute approximate surface area is 97.8 Å². The third-order valence-corrected chi connectivity index (χ3v) is 2.72. The van der Waals surface area contributed by atoms with E-state index in [1.54, 1.807) is 0 Å². The summed E-state index contributed by atoms with van der Waals surface area (Å²) in [6.45, 7) is 5.17. The Hall–Kier alpha value is -1.51. The summed E-state index contributed by atoms with van der Waals surface area (Å²) in [5, 5.41) is 3.07. The zero-order valence-corrected chi connectivity index (χ0v) is 10.1. The normalized spacial score (nSPS) is 11.8. The summed E-state index contributed by atoms with van der Waals surface area (Å²) in [4.78, 5) is 4.34. The number of nitrogens with one attached hydrogen (secondary N) is 1. The number of aliphatic imine (C=N–C) groups is 1. The molecule has 0 atom stereocenters. The predicted molar refractivity (Wildman–Crippen MR) is 70.6 cm³/mol. The molecule has 0 saturated heterocycles. The Bertz CT molecular complexity index is 315. The molecule has 0 radical (unpaired) electrons. The standard InChI is InChI=1S/C13H21N3/c1-3-11(4-2)10-15-13(14)16-12-8-6-5-7-9-12/h5-9,11H,3-4,10H2,1-2H3,(H3,14,15,16). The lowest BCUT2D eigenvalue weighted by molar-refractivity contribution is 0.506. The van der Waals surface area contributed by atoms with Crippen LogP contribution in [0.5, 0.6) is 0 Å². The molecule has 3 nitrogen and oxygen atoms in total. The van der Waals surface area contributed by atoms with Crippen LogP contribution in [0.2, 0.25) is 0 Å². The summed E-state index contributed by atoms with van der Waals surface area (Å²) in [6.07, 6.45) is 2.30. The molecule has 0 aromatic heterocycles. The maximum atomic E-state index is 5.80. The predicted octanol–water partition coefficient (Wildman–Crippen LogP) is 2.85. The van der Waals surface area contributed by atoms with Crippen LogP contribution >= 0.6 is 0 Å². The second kappa shape index (κ2) is 6.88. The lowest BCUT2D eigenvalue weighted by Crippen LogP contribution is -2.23. The van der Waals surface area contributed by atoms with E-state index < -0.39 is 0 Å². The minimum Gasteiger partial charge on any atom is -0.370 e. The molecule has 16 heavy (non-hydrogen) atoms. The van der Waals surface area contributed by atoms with Crippen molar-refractivity contribution < 1.29 is 0 Å². The van der Waals surface area contributed by atoms with E-state index in [1.807, 2.05) is 30.3 Å². The van der Waals surface area contributed by atoms with Crippen molar-refractivity contribution in [2.45, 2.75) is 26.7 Å². The molecule has 0 amide bonds. The highest BCUT2D eigenvalue weighted by Gasteiger charge is 2.02. The number of para-hydroxylation sites is 1. The van der Waals surface area contributed by atoms with Gasteiger partial charge in [-0.05, 0) is 18.1 Å². The van der Waals surface area contributed by atoms with E-state index >= 15 is 0 Å². The van der Waals surface area contributed by atoms with Crippen molar-refractivity contribution in [3.8, 4) is 0 Å². The van der Waals surface area contributed by atoms with Gasteiger partial charge in [-0.1, -0.05) is 44.9 Å². The number of hydrogen-bond acceptors (Lipinski definition) is 1. The van der Waals surface area contributed by atoms with Crippen LogP contribution in [-0.2, 0) is 0 Å². The zero-order valence-electron chi connectivity index (χ0n) is 10.1. The zero-order chi connectivity index (χ0) is 11.8. The molecule has 0 unspecified atom stereocenters. The Kier molecular flexibility index (Phi) is 5.40. The third-order valence-electron chi connectivity index (χ3n) is 2.72. The first kappa shape index (κ1) is 12.6. The Balaban J connectivity index is 2.45. The van der Waals surface area contributed by atoms with Crippen LogP contribution < -0.4 is 11.1 Å². The highest BCUT2D eigenvalue weighted by atomic mass is 15.1. The molecule has 88 valence electrons. The lowest BCUT2D eigenvalue weighted by atomic mass is 10.0. The fraction of sp³-hybridized carbons (Fsp3) is 0.462. The van der Waals surface area contributed by atoms with E-state index in [9.17, 15) is 0 Å². The Morgan fingerprint density at radius 3 is 2.44 bits per heavy atom. The highest BCUT2D eigenvalue weighted by Crippen LogP contribution is 2.08. The fourth-order valence-corrected chi connectivity index (χ4v) is 1.48. The minimum absolute atomic E-state index is 0.498. The topological polar surface area (TPSA) is 50.4 Å². The number of guanidine groups is 1. The quantitative estimate of drug-likeness (QED) is 0.591. The van der Waals surface area contributed by atoms with Crippen molar-refractivity contribution in [2.75, 3.05) is 11.9 Å². The summed E-state index contributed by atoms with van der Waals surface area (Å²) in [5.41, 5.74) is 6.78. The first-order chi connectivity index (χ1) is 7.76. The molecule has 0 aliphatic heterocycles. The minimum atomic E-state index is 0.498. The Morgan fingerprint density at radius 2 is 1.88 bits per heavy atom. The lowest BCUT2D eigenvalue weighted by Gasteiger charge is -2.10. The summed E-state index contributed by atoms with van der Waals surface area (Å²) in [7, 11) is 0. The van der Waals surface area contributed by atoms with Crippen molar-refractivity contribution in [1.82, 2.24) is 0 Å². The number of nitrogens with zero attached hydrogens (tertiary/aromatic N) is 1. The average molecular weight is 219 g/mol. The Morgan fingerprint density at radius 1 is 1.25 bits per heavy atom. The van der Waals surface area contributed by atoms with Gasteiger partial charge in [0.1, 0.15) is 0 Å². The molecule has 0 aliphatic rings. The fourth-order valence-electron chi connectivity index (χ4n) is 1.48.